The zero-order valence-corrected chi connectivity index (χ0v) is 12.4. The first-order valence-corrected chi connectivity index (χ1v) is 7.28. The van der Waals surface area contributed by atoms with Gasteiger partial charge in [0.05, 0.1) is 6.04 Å². The van der Waals surface area contributed by atoms with Crippen molar-refractivity contribution < 1.29 is 0 Å². The van der Waals surface area contributed by atoms with Crippen molar-refractivity contribution in [3.63, 3.8) is 0 Å². The van der Waals surface area contributed by atoms with Crippen LogP contribution in [0, 0.1) is 0 Å². The number of thiazole rings is 1. The summed E-state index contributed by atoms with van der Waals surface area (Å²) >= 11 is 1.72. The second-order valence-electron chi connectivity index (χ2n) is 4.97. The minimum absolute atomic E-state index is 0.358. The van der Waals surface area contributed by atoms with Crippen LogP contribution in [0.3, 0.4) is 0 Å². The Morgan fingerprint density at radius 2 is 1.88 bits per heavy atom. The van der Waals surface area contributed by atoms with Crippen LogP contribution >= 0.6 is 11.3 Å². The number of hydrogen-bond donors (Lipinski definition) is 1. The zero-order valence-electron chi connectivity index (χ0n) is 11.6. The van der Waals surface area contributed by atoms with E-state index >= 15 is 0 Å². The molecule has 0 aliphatic carbocycles. The predicted molar refractivity (Wildman–Crippen MR) is 75.5 cm³/mol. The van der Waals surface area contributed by atoms with Gasteiger partial charge in [0, 0.05) is 36.8 Å². The SMILES string of the molecule is CC(NCCN(C(C)C)C(C)C)c1nccs1. The minimum Gasteiger partial charge on any atom is -0.307 e. The lowest BCUT2D eigenvalue weighted by Gasteiger charge is -2.30. The smallest absolute Gasteiger partial charge is 0.109 e. The Morgan fingerprint density at radius 3 is 2.35 bits per heavy atom. The van der Waals surface area contributed by atoms with Gasteiger partial charge in [0.15, 0.2) is 0 Å². The third-order valence-corrected chi connectivity index (χ3v) is 3.93. The number of hydrogen-bond acceptors (Lipinski definition) is 4. The Bertz CT molecular complexity index is 288. The molecule has 0 fully saturated rings. The molecular weight excluding hydrogens is 230 g/mol. The molecule has 17 heavy (non-hydrogen) atoms. The molecule has 0 saturated heterocycles. The molecule has 0 aromatic carbocycles. The van der Waals surface area contributed by atoms with E-state index in [0.29, 0.717) is 18.1 Å². The fourth-order valence-corrected chi connectivity index (χ4v) is 2.73. The lowest BCUT2D eigenvalue weighted by Crippen LogP contribution is -2.41. The highest BCUT2D eigenvalue weighted by Crippen LogP contribution is 2.14. The Kier molecular flexibility index (Phi) is 6.09. The van der Waals surface area contributed by atoms with Crippen LogP contribution in [-0.2, 0) is 0 Å². The van der Waals surface area contributed by atoms with Crippen LogP contribution in [0.2, 0.25) is 0 Å². The Labute approximate surface area is 109 Å². The lowest BCUT2D eigenvalue weighted by molar-refractivity contribution is 0.174. The molecule has 3 nitrogen and oxygen atoms in total. The van der Waals surface area contributed by atoms with Gasteiger partial charge in [-0.2, -0.15) is 0 Å². The van der Waals surface area contributed by atoms with E-state index in [4.69, 9.17) is 0 Å². The first-order chi connectivity index (χ1) is 8.02. The van der Waals surface area contributed by atoms with Crippen LogP contribution in [0.4, 0.5) is 0 Å². The topological polar surface area (TPSA) is 28.2 Å². The van der Waals surface area contributed by atoms with Gasteiger partial charge in [-0.15, -0.1) is 11.3 Å². The van der Waals surface area contributed by atoms with Crippen molar-refractivity contribution in [3.8, 4) is 0 Å². The minimum atomic E-state index is 0.358. The van der Waals surface area contributed by atoms with Crippen LogP contribution in [0.1, 0.15) is 45.7 Å². The van der Waals surface area contributed by atoms with Crippen molar-refractivity contribution in [1.82, 2.24) is 15.2 Å². The molecule has 0 bridgehead atoms. The summed E-state index contributed by atoms with van der Waals surface area (Å²) in [5.41, 5.74) is 0. The van der Waals surface area contributed by atoms with E-state index in [2.05, 4.69) is 49.8 Å². The quantitative estimate of drug-likeness (QED) is 0.812. The molecule has 1 aromatic rings. The van der Waals surface area contributed by atoms with Crippen molar-refractivity contribution in [2.75, 3.05) is 13.1 Å². The van der Waals surface area contributed by atoms with Gasteiger partial charge in [0.2, 0.25) is 0 Å². The number of nitrogens with one attached hydrogen (secondary N) is 1. The summed E-state index contributed by atoms with van der Waals surface area (Å²) in [6.45, 7) is 13.3. The van der Waals surface area contributed by atoms with Gasteiger partial charge in [-0.3, -0.25) is 4.90 Å². The fraction of sp³-hybridized carbons (Fsp3) is 0.769. The van der Waals surface area contributed by atoms with E-state index in [1.54, 1.807) is 11.3 Å². The highest BCUT2D eigenvalue weighted by Gasteiger charge is 2.13. The molecule has 4 heteroatoms. The van der Waals surface area contributed by atoms with E-state index in [0.717, 1.165) is 13.1 Å². The summed E-state index contributed by atoms with van der Waals surface area (Å²) < 4.78 is 0. The van der Waals surface area contributed by atoms with Gasteiger partial charge in [-0.1, -0.05) is 0 Å². The maximum atomic E-state index is 4.33. The maximum Gasteiger partial charge on any atom is 0.109 e. The summed E-state index contributed by atoms with van der Waals surface area (Å²) in [4.78, 5) is 6.83. The molecule has 0 amide bonds. The van der Waals surface area contributed by atoms with Crippen LogP contribution in [0.5, 0.6) is 0 Å². The molecule has 0 aliphatic rings. The predicted octanol–water partition coefficient (Wildman–Crippen LogP) is 2.91. The molecule has 0 aliphatic heterocycles. The standard InChI is InChI=1S/C13H25N3S/c1-10(2)16(11(3)4)8-6-14-12(5)13-15-7-9-17-13/h7,9-12,14H,6,8H2,1-5H3. The van der Waals surface area contributed by atoms with Crippen molar-refractivity contribution in [2.24, 2.45) is 0 Å². The fourth-order valence-electron chi connectivity index (χ4n) is 2.06. The monoisotopic (exact) mass is 255 g/mol. The molecular formula is C13H25N3S. The van der Waals surface area contributed by atoms with Crippen molar-refractivity contribution in [2.45, 2.75) is 52.7 Å². The van der Waals surface area contributed by atoms with E-state index in [9.17, 15) is 0 Å². The third kappa shape index (κ3) is 4.74. The normalized spacial score (nSPS) is 13.9. The Morgan fingerprint density at radius 1 is 1.24 bits per heavy atom. The molecule has 1 heterocycles. The highest BCUT2D eigenvalue weighted by molar-refractivity contribution is 7.09. The number of nitrogens with zero attached hydrogens (tertiary/aromatic N) is 2. The maximum absolute atomic E-state index is 4.33. The second kappa shape index (κ2) is 7.09. The first kappa shape index (κ1) is 14.6. The summed E-state index contributed by atoms with van der Waals surface area (Å²) in [5.74, 6) is 0. The van der Waals surface area contributed by atoms with Crippen LogP contribution in [0.15, 0.2) is 11.6 Å². The van der Waals surface area contributed by atoms with Crippen LogP contribution in [0.25, 0.3) is 0 Å². The Balaban J connectivity index is 2.31. The molecule has 0 radical (unpaired) electrons. The van der Waals surface area contributed by atoms with E-state index in [1.165, 1.54) is 5.01 Å². The first-order valence-electron chi connectivity index (χ1n) is 6.41. The molecule has 1 unspecified atom stereocenters. The van der Waals surface area contributed by atoms with Gasteiger partial charge in [0.1, 0.15) is 5.01 Å². The molecule has 98 valence electrons. The van der Waals surface area contributed by atoms with E-state index in [-0.39, 0.29) is 0 Å². The molecule has 0 spiro atoms. The van der Waals surface area contributed by atoms with Crippen molar-refractivity contribution in [1.29, 1.82) is 0 Å². The summed E-state index contributed by atoms with van der Waals surface area (Å²) in [7, 11) is 0. The largest absolute Gasteiger partial charge is 0.307 e. The lowest BCUT2D eigenvalue weighted by atomic mass is 10.2. The molecule has 1 aromatic heterocycles. The Hall–Kier alpha value is -0.450. The summed E-state index contributed by atoms with van der Waals surface area (Å²) in [6, 6.07) is 1.56. The van der Waals surface area contributed by atoms with Crippen LogP contribution < -0.4 is 5.32 Å². The van der Waals surface area contributed by atoms with Gasteiger partial charge in [-0.25, -0.2) is 4.98 Å². The number of rotatable bonds is 7. The highest BCUT2D eigenvalue weighted by atomic mass is 32.1. The summed E-state index contributed by atoms with van der Waals surface area (Å²) in [6.07, 6.45) is 1.87. The second-order valence-corrected chi connectivity index (χ2v) is 5.90. The molecule has 1 N–H and O–H groups in total. The average Bonchev–Trinajstić information content (AvgIpc) is 2.76. The van der Waals surface area contributed by atoms with Crippen molar-refractivity contribution in [3.05, 3.63) is 16.6 Å². The zero-order chi connectivity index (χ0) is 12.8. The van der Waals surface area contributed by atoms with E-state index < -0.39 is 0 Å². The molecule has 1 atom stereocenters. The molecule has 1 rings (SSSR count). The van der Waals surface area contributed by atoms with Gasteiger partial charge in [-0.05, 0) is 34.6 Å². The van der Waals surface area contributed by atoms with Gasteiger partial charge in [0.25, 0.3) is 0 Å². The average molecular weight is 255 g/mol. The third-order valence-electron chi connectivity index (χ3n) is 2.97. The van der Waals surface area contributed by atoms with Crippen molar-refractivity contribution >= 4 is 11.3 Å². The number of aromatic nitrogens is 1. The van der Waals surface area contributed by atoms with Gasteiger partial charge < -0.3 is 5.32 Å². The molecule has 0 saturated carbocycles. The van der Waals surface area contributed by atoms with Gasteiger partial charge >= 0.3 is 0 Å². The van der Waals surface area contributed by atoms with Crippen LogP contribution in [-0.4, -0.2) is 35.1 Å². The summed E-state index contributed by atoms with van der Waals surface area (Å²) in [5, 5.41) is 6.73. The van der Waals surface area contributed by atoms with E-state index in [1.807, 2.05) is 11.6 Å².